The van der Waals surface area contributed by atoms with Crippen molar-refractivity contribution in [2.45, 2.75) is 76.3 Å². The maximum atomic E-state index is 13.8. The molecule has 0 radical (unpaired) electrons. The molecule has 0 aromatic heterocycles. The summed E-state index contributed by atoms with van der Waals surface area (Å²) in [5.41, 5.74) is -1.14. The summed E-state index contributed by atoms with van der Waals surface area (Å²) in [6, 6.07) is -1.60. The molecule has 2 bridgehead atoms. The van der Waals surface area contributed by atoms with Crippen LogP contribution in [0.3, 0.4) is 0 Å². The smallest absolute Gasteiger partial charge is 0.310 e. The summed E-state index contributed by atoms with van der Waals surface area (Å²) in [5.74, 6) is -3.58. The van der Waals surface area contributed by atoms with Crippen molar-refractivity contribution in [3.05, 3.63) is 12.7 Å². The summed E-state index contributed by atoms with van der Waals surface area (Å²) in [6.07, 6.45) is 3.78. The van der Waals surface area contributed by atoms with Gasteiger partial charge in [0.1, 0.15) is 11.6 Å². The van der Waals surface area contributed by atoms with Crippen LogP contribution in [-0.2, 0) is 19.1 Å². The van der Waals surface area contributed by atoms with Gasteiger partial charge in [0.2, 0.25) is 11.8 Å². The highest BCUT2D eigenvalue weighted by Crippen LogP contribution is 2.59. The minimum Gasteiger partial charge on any atom is -0.481 e. The number of hydrogen-bond acceptors (Lipinski definition) is 5. The monoisotopic (exact) mass is 408 g/mol. The van der Waals surface area contributed by atoms with Crippen molar-refractivity contribution >= 4 is 17.8 Å². The maximum Gasteiger partial charge on any atom is 0.310 e. The second-order valence-corrected chi connectivity index (χ2v) is 8.59. The number of likely N-dealkylation sites (tertiary alicyclic amines) is 1. The number of aliphatic carboxylic acids is 1. The van der Waals surface area contributed by atoms with Crippen molar-refractivity contribution in [1.29, 1.82) is 0 Å². The number of hydrogen-bond donors (Lipinski definition) is 2. The van der Waals surface area contributed by atoms with Gasteiger partial charge in [0.15, 0.2) is 0 Å². The standard InChI is InChI=1S/C21H32N2O6/c1-5-7-12(3)22(10-6-2)19(26)17-21-9-8-14(29-21)15(20(27)28)16(21)18(25)23(17)13(4)11-24/h6,12-17,24H,2,5,7-11H2,1,3-4H3,(H,27,28)/t12?,13-,14+,15-,16+,17?,21?/m1/s1. The molecule has 2 N–H and O–H groups in total. The third-order valence-electron chi connectivity index (χ3n) is 6.84. The molecule has 3 fully saturated rings. The minimum atomic E-state index is -1.14. The number of nitrogens with zero attached hydrogens (tertiary/aromatic N) is 2. The number of carboxylic acid groups (broad SMARTS) is 1. The van der Waals surface area contributed by atoms with Gasteiger partial charge in [0.25, 0.3) is 0 Å². The van der Waals surface area contributed by atoms with Crippen LogP contribution in [-0.4, -0.2) is 80.8 Å². The number of amides is 2. The van der Waals surface area contributed by atoms with Crippen molar-refractivity contribution in [3.63, 3.8) is 0 Å². The van der Waals surface area contributed by atoms with E-state index in [1.54, 1.807) is 17.9 Å². The third kappa shape index (κ3) is 3.17. The predicted octanol–water partition coefficient (Wildman–Crippen LogP) is 1.03. The van der Waals surface area contributed by atoms with Gasteiger partial charge in [-0.1, -0.05) is 19.4 Å². The zero-order valence-corrected chi connectivity index (χ0v) is 17.4. The number of carbonyl (C=O) groups is 3. The van der Waals surface area contributed by atoms with E-state index >= 15 is 0 Å². The molecule has 3 aliphatic heterocycles. The summed E-state index contributed by atoms with van der Waals surface area (Å²) in [7, 11) is 0. The molecule has 8 nitrogen and oxygen atoms in total. The van der Waals surface area contributed by atoms with Gasteiger partial charge in [-0.05, 0) is 33.1 Å². The van der Waals surface area contributed by atoms with Gasteiger partial charge >= 0.3 is 5.97 Å². The Balaban J connectivity index is 2.06. The van der Waals surface area contributed by atoms with Crippen LogP contribution in [0.15, 0.2) is 12.7 Å². The fraction of sp³-hybridized carbons (Fsp3) is 0.762. The Bertz CT molecular complexity index is 697. The molecule has 0 saturated carbocycles. The first-order valence-electron chi connectivity index (χ1n) is 10.5. The normalized spacial score (nSPS) is 34.8. The van der Waals surface area contributed by atoms with E-state index in [-0.39, 0.29) is 18.6 Å². The zero-order valence-electron chi connectivity index (χ0n) is 17.4. The Hall–Kier alpha value is -1.93. The molecule has 29 heavy (non-hydrogen) atoms. The van der Waals surface area contributed by atoms with Crippen LogP contribution in [0.5, 0.6) is 0 Å². The van der Waals surface area contributed by atoms with Crippen LogP contribution in [0, 0.1) is 11.8 Å². The van der Waals surface area contributed by atoms with Crippen molar-refractivity contribution in [2.75, 3.05) is 13.2 Å². The minimum absolute atomic E-state index is 0.0591. The maximum absolute atomic E-state index is 13.8. The molecule has 3 saturated heterocycles. The van der Waals surface area contributed by atoms with Crippen LogP contribution >= 0.6 is 0 Å². The lowest BCUT2D eigenvalue weighted by Crippen LogP contribution is -2.59. The van der Waals surface area contributed by atoms with Crippen LogP contribution in [0.2, 0.25) is 0 Å². The number of carbonyl (C=O) groups excluding carboxylic acids is 2. The average molecular weight is 408 g/mol. The Kier molecular flexibility index (Phi) is 6.06. The summed E-state index contributed by atoms with van der Waals surface area (Å²) in [5, 5.41) is 19.5. The van der Waals surface area contributed by atoms with Crippen LogP contribution in [0.25, 0.3) is 0 Å². The molecule has 2 amide bonds. The fourth-order valence-corrected chi connectivity index (χ4v) is 5.57. The van der Waals surface area contributed by atoms with Gasteiger partial charge in [-0.15, -0.1) is 6.58 Å². The van der Waals surface area contributed by atoms with E-state index in [9.17, 15) is 24.6 Å². The number of aliphatic hydroxyl groups is 1. The Morgan fingerprint density at radius 1 is 1.45 bits per heavy atom. The molecule has 3 unspecified atom stereocenters. The lowest BCUT2D eigenvalue weighted by Gasteiger charge is -2.40. The van der Waals surface area contributed by atoms with Crippen LogP contribution in [0.1, 0.15) is 46.5 Å². The number of carboxylic acids is 1. The topological polar surface area (TPSA) is 107 Å². The van der Waals surface area contributed by atoms with Gasteiger partial charge in [-0.3, -0.25) is 14.4 Å². The lowest BCUT2D eigenvalue weighted by atomic mass is 9.70. The molecule has 1 spiro atoms. The molecular formula is C21H32N2O6. The summed E-state index contributed by atoms with van der Waals surface area (Å²) < 4.78 is 6.16. The van der Waals surface area contributed by atoms with Gasteiger partial charge in [0.05, 0.1) is 30.6 Å². The SMILES string of the molecule is C=CCN(C(=O)C1N([C@H](C)CO)C(=O)[C@@H]2[C@H](C(=O)O)[C@@H]3CCC12O3)C(C)CCC. The number of rotatable bonds is 9. The highest BCUT2D eigenvalue weighted by molar-refractivity contribution is 5.98. The summed E-state index contributed by atoms with van der Waals surface area (Å²) in [4.78, 5) is 42.2. The van der Waals surface area contributed by atoms with E-state index < -0.39 is 47.5 Å². The van der Waals surface area contributed by atoms with Crippen LogP contribution < -0.4 is 0 Å². The Morgan fingerprint density at radius 3 is 2.69 bits per heavy atom. The second kappa shape index (κ2) is 8.07. The van der Waals surface area contributed by atoms with Gasteiger partial charge in [0, 0.05) is 12.6 Å². The first-order valence-corrected chi connectivity index (χ1v) is 10.5. The molecule has 0 aliphatic carbocycles. The predicted molar refractivity (Wildman–Crippen MR) is 105 cm³/mol. The summed E-state index contributed by atoms with van der Waals surface area (Å²) >= 11 is 0. The highest BCUT2D eigenvalue weighted by atomic mass is 16.5. The van der Waals surface area contributed by atoms with Crippen molar-refractivity contribution in [2.24, 2.45) is 11.8 Å². The van der Waals surface area contributed by atoms with Gasteiger partial charge in [-0.2, -0.15) is 0 Å². The molecule has 162 valence electrons. The van der Waals surface area contributed by atoms with Crippen LogP contribution in [0.4, 0.5) is 0 Å². The van der Waals surface area contributed by atoms with Gasteiger partial charge in [-0.25, -0.2) is 0 Å². The van der Waals surface area contributed by atoms with E-state index in [1.165, 1.54) is 4.90 Å². The number of ether oxygens (including phenoxy) is 1. The molecular weight excluding hydrogens is 376 g/mol. The molecule has 8 heteroatoms. The zero-order chi connectivity index (χ0) is 21.5. The average Bonchev–Trinajstić information content (AvgIpc) is 3.32. The first kappa shape index (κ1) is 21.8. The second-order valence-electron chi connectivity index (χ2n) is 8.59. The van der Waals surface area contributed by atoms with Crippen molar-refractivity contribution < 1.29 is 29.3 Å². The molecule has 3 rings (SSSR count). The highest BCUT2D eigenvalue weighted by Gasteiger charge is 2.75. The molecule has 0 aromatic carbocycles. The van der Waals surface area contributed by atoms with E-state index in [4.69, 9.17) is 4.74 Å². The van der Waals surface area contributed by atoms with Gasteiger partial charge < -0.3 is 24.7 Å². The molecule has 3 heterocycles. The number of aliphatic hydroxyl groups excluding tert-OH is 1. The first-order chi connectivity index (χ1) is 13.7. The van der Waals surface area contributed by atoms with E-state index in [0.717, 1.165) is 12.8 Å². The Morgan fingerprint density at radius 2 is 2.14 bits per heavy atom. The fourth-order valence-electron chi connectivity index (χ4n) is 5.57. The quantitative estimate of drug-likeness (QED) is 0.552. The van der Waals surface area contributed by atoms with E-state index in [2.05, 4.69) is 6.58 Å². The summed E-state index contributed by atoms with van der Waals surface area (Å²) in [6.45, 7) is 9.45. The molecule has 7 atom stereocenters. The molecule has 3 aliphatic rings. The lowest BCUT2D eigenvalue weighted by molar-refractivity contribution is -0.153. The van der Waals surface area contributed by atoms with E-state index in [1.807, 2.05) is 13.8 Å². The number of fused-ring (bicyclic) bond motifs is 1. The van der Waals surface area contributed by atoms with Crippen molar-refractivity contribution in [1.82, 2.24) is 9.80 Å². The van der Waals surface area contributed by atoms with Crippen molar-refractivity contribution in [3.8, 4) is 0 Å². The Labute approximate surface area is 171 Å². The molecule has 0 aromatic rings. The third-order valence-corrected chi connectivity index (χ3v) is 6.84. The largest absolute Gasteiger partial charge is 0.481 e. The van der Waals surface area contributed by atoms with E-state index in [0.29, 0.717) is 19.4 Å².